The number of nitrogens with zero attached hydrogens (tertiary/aromatic N) is 2. The SMILES string of the molecule is CCC(C)[C@H](N)c1nc(C2CC3CCC2O3)no1. The van der Waals surface area contributed by atoms with Crippen molar-refractivity contribution in [2.45, 2.75) is 63.7 Å². The monoisotopic (exact) mass is 251 g/mol. The summed E-state index contributed by atoms with van der Waals surface area (Å²) >= 11 is 0. The fourth-order valence-corrected chi connectivity index (χ4v) is 2.94. The third-order valence-corrected chi connectivity index (χ3v) is 4.44. The highest BCUT2D eigenvalue weighted by Crippen LogP contribution is 2.43. The van der Waals surface area contributed by atoms with Gasteiger partial charge in [-0.2, -0.15) is 4.98 Å². The maximum absolute atomic E-state index is 6.11. The van der Waals surface area contributed by atoms with Crippen LogP contribution in [0.15, 0.2) is 4.52 Å². The lowest BCUT2D eigenvalue weighted by molar-refractivity contribution is 0.0996. The molecule has 2 fully saturated rings. The lowest BCUT2D eigenvalue weighted by atomic mass is 9.89. The van der Waals surface area contributed by atoms with E-state index in [4.69, 9.17) is 15.0 Å². The van der Waals surface area contributed by atoms with E-state index in [0.29, 0.717) is 29.9 Å². The third-order valence-electron chi connectivity index (χ3n) is 4.44. The Bertz CT molecular complexity index is 420. The Morgan fingerprint density at radius 1 is 1.44 bits per heavy atom. The van der Waals surface area contributed by atoms with Gasteiger partial charge in [0.2, 0.25) is 5.89 Å². The fourth-order valence-electron chi connectivity index (χ4n) is 2.94. The van der Waals surface area contributed by atoms with Gasteiger partial charge in [-0.05, 0) is 25.2 Å². The number of hydrogen-bond donors (Lipinski definition) is 1. The molecule has 2 bridgehead atoms. The van der Waals surface area contributed by atoms with Crippen LogP contribution in [0.4, 0.5) is 0 Å². The van der Waals surface area contributed by atoms with Gasteiger partial charge in [-0.1, -0.05) is 25.4 Å². The zero-order valence-electron chi connectivity index (χ0n) is 11.0. The van der Waals surface area contributed by atoms with E-state index in [1.807, 2.05) is 0 Å². The van der Waals surface area contributed by atoms with Crippen molar-refractivity contribution in [3.8, 4) is 0 Å². The van der Waals surface area contributed by atoms with E-state index in [-0.39, 0.29) is 6.04 Å². The maximum atomic E-state index is 6.11. The van der Waals surface area contributed by atoms with Crippen LogP contribution < -0.4 is 5.73 Å². The van der Waals surface area contributed by atoms with E-state index in [9.17, 15) is 0 Å². The molecule has 3 rings (SSSR count). The van der Waals surface area contributed by atoms with Crippen LogP contribution in [0.5, 0.6) is 0 Å². The van der Waals surface area contributed by atoms with Gasteiger partial charge in [0.1, 0.15) is 0 Å². The molecule has 5 nitrogen and oxygen atoms in total. The summed E-state index contributed by atoms with van der Waals surface area (Å²) in [6.07, 6.45) is 5.04. The molecule has 18 heavy (non-hydrogen) atoms. The molecule has 5 heteroatoms. The van der Waals surface area contributed by atoms with Crippen molar-refractivity contribution in [2.75, 3.05) is 0 Å². The van der Waals surface area contributed by atoms with E-state index in [1.54, 1.807) is 0 Å². The quantitative estimate of drug-likeness (QED) is 0.887. The number of rotatable bonds is 4. The smallest absolute Gasteiger partial charge is 0.243 e. The molecule has 2 N–H and O–H groups in total. The Morgan fingerprint density at radius 2 is 2.28 bits per heavy atom. The molecule has 0 radical (unpaired) electrons. The topological polar surface area (TPSA) is 74.2 Å². The van der Waals surface area contributed by atoms with Gasteiger partial charge in [-0.25, -0.2) is 0 Å². The fraction of sp³-hybridized carbons (Fsp3) is 0.846. The molecule has 1 aromatic rings. The van der Waals surface area contributed by atoms with Crippen LogP contribution in [0.25, 0.3) is 0 Å². The van der Waals surface area contributed by atoms with Crippen LogP contribution in [0.2, 0.25) is 0 Å². The van der Waals surface area contributed by atoms with E-state index in [0.717, 1.165) is 25.1 Å². The molecule has 0 aromatic carbocycles. The predicted molar refractivity (Wildman–Crippen MR) is 65.9 cm³/mol. The Kier molecular flexibility index (Phi) is 3.11. The van der Waals surface area contributed by atoms with Crippen LogP contribution in [-0.2, 0) is 4.74 Å². The Balaban J connectivity index is 1.74. The first kappa shape index (κ1) is 12.1. The van der Waals surface area contributed by atoms with Crippen LogP contribution >= 0.6 is 0 Å². The van der Waals surface area contributed by atoms with Crippen LogP contribution in [0.3, 0.4) is 0 Å². The van der Waals surface area contributed by atoms with Gasteiger partial charge in [-0.15, -0.1) is 0 Å². The number of hydrogen-bond acceptors (Lipinski definition) is 5. The van der Waals surface area contributed by atoms with Gasteiger partial charge in [0.15, 0.2) is 5.82 Å². The summed E-state index contributed by atoms with van der Waals surface area (Å²) < 4.78 is 11.2. The Hall–Kier alpha value is -0.940. The molecule has 5 atom stereocenters. The lowest BCUT2D eigenvalue weighted by Gasteiger charge is -2.15. The summed E-state index contributed by atoms with van der Waals surface area (Å²) in [4.78, 5) is 4.50. The first-order valence-corrected chi connectivity index (χ1v) is 6.93. The van der Waals surface area contributed by atoms with Crippen molar-refractivity contribution < 1.29 is 9.26 Å². The molecular weight excluding hydrogens is 230 g/mol. The first-order chi connectivity index (χ1) is 8.69. The molecular formula is C13H21N3O2. The van der Waals surface area contributed by atoms with E-state index < -0.39 is 0 Å². The van der Waals surface area contributed by atoms with Crippen LogP contribution in [0, 0.1) is 5.92 Å². The van der Waals surface area contributed by atoms with E-state index in [1.165, 1.54) is 6.42 Å². The summed E-state index contributed by atoms with van der Waals surface area (Å²) in [6, 6.07) is -0.157. The van der Waals surface area contributed by atoms with Crippen LogP contribution in [-0.4, -0.2) is 22.3 Å². The van der Waals surface area contributed by atoms with Crippen molar-refractivity contribution in [2.24, 2.45) is 11.7 Å². The minimum atomic E-state index is -0.157. The summed E-state index contributed by atoms with van der Waals surface area (Å²) in [6.45, 7) is 4.22. The number of aromatic nitrogens is 2. The van der Waals surface area contributed by atoms with Gasteiger partial charge < -0.3 is 15.0 Å². The normalized spacial score (nSPS) is 33.8. The number of nitrogens with two attached hydrogens (primary N) is 1. The molecule has 2 aliphatic heterocycles. The zero-order valence-corrected chi connectivity index (χ0v) is 11.0. The molecule has 100 valence electrons. The van der Waals surface area contributed by atoms with Gasteiger partial charge in [-0.3, -0.25) is 0 Å². The second-order valence-corrected chi connectivity index (χ2v) is 5.62. The highest BCUT2D eigenvalue weighted by molar-refractivity contribution is 5.07. The minimum Gasteiger partial charge on any atom is -0.374 e. The van der Waals surface area contributed by atoms with Gasteiger partial charge >= 0.3 is 0 Å². The van der Waals surface area contributed by atoms with Crippen molar-refractivity contribution in [3.05, 3.63) is 11.7 Å². The van der Waals surface area contributed by atoms with E-state index in [2.05, 4.69) is 24.0 Å². The molecule has 2 saturated heterocycles. The predicted octanol–water partition coefficient (Wildman–Crippen LogP) is 2.15. The highest BCUT2D eigenvalue weighted by Gasteiger charge is 2.43. The molecule has 0 aliphatic carbocycles. The molecule has 1 aromatic heterocycles. The van der Waals surface area contributed by atoms with Crippen molar-refractivity contribution >= 4 is 0 Å². The van der Waals surface area contributed by atoms with Crippen molar-refractivity contribution in [1.82, 2.24) is 10.1 Å². The zero-order chi connectivity index (χ0) is 12.7. The van der Waals surface area contributed by atoms with Gasteiger partial charge in [0.05, 0.1) is 24.2 Å². The minimum absolute atomic E-state index is 0.157. The second-order valence-electron chi connectivity index (χ2n) is 5.62. The second kappa shape index (κ2) is 4.63. The van der Waals surface area contributed by atoms with Crippen molar-refractivity contribution in [1.29, 1.82) is 0 Å². The Labute approximate surface area is 107 Å². The Morgan fingerprint density at radius 3 is 2.89 bits per heavy atom. The summed E-state index contributed by atoms with van der Waals surface area (Å²) in [7, 11) is 0. The third kappa shape index (κ3) is 1.95. The molecule has 0 saturated carbocycles. The molecule has 4 unspecified atom stereocenters. The van der Waals surface area contributed by atoms with Crippen molar-refractivity contribution in [3.63, 3.8) is 0 Å². The standard InChI is InChI=1S/C13H21N3O2/c1-3-7(2)11(14)13-15-12(16-18-13)9-6-8-4-5-10(9)17-8/h7-11H,3-6,14H2,1-2H3/t7?,8?,9?,10?,11-/m0/s1. The molecule has 0 spiro atoms. The average molecular weight is 251 g/mol. The molecule has 2 aliphatic rings. The first-order valence-electron chi connectivity index (χ1n) is 6.93. The summed E-state index contributed by atoms with van der Waals surface area (Å²) in [5.74, 6) is 2.03. The van der Waals surface area contributed by atoms with Crippen LogP contribution in [0.1, 0.15) is 63.2 Å². The maximum Gasteiger partial charge on any atom is 0.243 e. The average Bonchev–Trinajstić information content (AvgIpc) is 3.10. The lowest BCUT2D eigenvalue weighted by Crippen LogP contribution is -2.19. The number of fused-ring (bicyclic) bond motifs is 2. The largest absolute Gasteiger partial charge is 0.374 e. The van der Waals surface area contributed by atoms with E-state index >= 15 is 0 Å². The summed E-state index contributed by atoms with van der Waals surface area (Å²) in [5.41, 5.74) is 6.11. The van der Waals surface area contributed by atoms with Gasteiger partial charge in [0, 0.05) is 0 Å². The highest BCUT2D eigenvalue weighted by atomic mass is 16.5. The molecule has 3 heterocycles. The van der Waals surface area contributed by atoms with Gasteiger partial charge in [0.25, 0.3) is 0 Å². The number of ether oxygens (including phenoxy) is 1. The molecule has 0 amide bonds. The summed E-state index contributed by atoms with van der Waals surface area (Å²) in [5, 5.41) is 4.11.